The molecule has 4 rings (SSSR count). The molecule has 9 nitrogen and oxygen atoms in total. The number of benzene rings is 1. The largest absolute Gasteiger partial charge is 0.381 e. The number of halogens is 1. The number of hydrogen-bond acceptors (Lipinski definition) is 7. The molecule has 0 amide bonds. The van der Waals surface area contributed by atoms with Crippen molar-refractivity contribution in [3.63, 3.8) is 0 Å². The maximum absolute atomic E-state index is 13.4. The quantitative estimate of drug-likeness (QED) is 0.227. The minimum absolute atomic E-state index is 0.152. The van der Waals surface area contributed by atoms with E-state index >= 15 is 0 Å². The van der Waals surface area contributed by atoms with Crippen molar-refractivity contribution in [1.82, 2.24) is 14.5 Å². The van der Waals surface area contributed by atoms with Gasteiger partial charge < -0.3 is 20.6 Å². The maximum atomic E-state index is 13.4. The lowest BCUT2D eigenvalue weighted by atomic mass is 10.0. The van der Waals surface area contributed by atoms with E-state index < -0.39 is 0 Å². The van der Waals surface area contributed by atoms with Crippen LogP contribution in [0.4, 0.5) is 5.95 Å². The first-order valence-electron chi connectivity index (χ1n) is 11.1. The van der Waals surface area contributed by atoms with Gasteiger partial charge >= 0.3 is 0 Å². The molecule has 0 spiro atoms. The molecule has 2 aromatic heterocycles. The number of allylic oxidation sites excluding steroid dienone is 1. The summed E-state index contributed by atoms with van der Waals surface area (Å²) in [6, 6.07) is 7.14. The van der Waals surface area contributed by atoms with E-state index in [-0.39, 0.29) is 17.4 Å². The molecule has 3 heterocycles. The van der Waals surface area contributed by atoms with E-state index in [0.29, 0.717) is 58.8 Å². The molecular formula is C24H27ClN6O3. The van der Waals surface area contributed by atoms with Gasteiger partial charge in [0.05, 0.1) is 0 Å². The van der Waals surface area contributed by atoms with Crippen molar-refractivity contribution < 1.29 is 9.57 Å². The molecule has 0 saturated carbocycles. The zero-order valence-corrected chi connectivity index (χ0v) is 19.9. The van der Waals surface area contributed by atoms with Gasteiger partial charge in [-0.1, -0.05) is 35.5 Å². The number of nitrogens with two attached hydrogens (primary N) is 1. The van der Waals surface area contributed by atoms with Crippen LogP contribution in [-0.4, -0.2) is 39.6 Å². The van der Waals surface area contributed by atoms with Crippen LogP contribution in [0.1, 0.15) is 32.3 Å². The van der Waals surface area contributed by atoms with Crippen molar-refractivity contribution in [3.8, 4) is 11.1 Å². The standard InChI is InChI=1S/C24H27ClN6O3/c1-4-31-22-16(13-27-24(29-22)28-17-7-9-33-10-8-17)11-19(23(31)32)18-6-5-15(12-20(18)25)21(26)30-34-14(2)3/h5-6,11-13,17H,2,4,7-10H2,1,3H3,(H2,26,30)(H,27,28,29). The van der Waals surface area contributed by atoms with E-state index in [1.807, 2.05) is 6.92 Å². The summed E-state index contributed by atoms with van der Waals surface area (Å²) in [6.07, 6.45) is 3.51. The van der Waals surface area contributed by atoms with Crippen LogP contribution in [0.5, 0.6) is 0 Å². The lowest BCUT2D eigenvalue weighted by Crippen LogP contribution is -2.29. The summed E-state index contributed by atoms with van der Waals surface area (Å²) in [7, 11) is 0. The van der Waals surface area contributed by atoms with Gasteiger partial charge in [-0.25, -0.2) is 4.98 Å². The summed E-state index contributed by atoms with van der Waals surface area (Å²) in [5.74, 6) is 1.07. The van der Waals surface area contributed by atoms with Gasteiger partial charge in [-0.15, -0.1) is 0 Å². The first kappa shape index (κ1) is 23.7. The lowest BCUT2D eigenvalue weighted by Gasteiger charge is -2.23. The van der Waals surface area contributed by atoms with E-state index in [2.05, 4.69) is 27.0 Å². The molecule has 0 unspecified atom stereocenters. The Morgan fingerprint density at radius 2 is 2.12 bits per heavy atom. The minimum Gasteiger partial charge on any atom is -0.381 e. The Bertz CT molecular complexity index is 1310. The second-order valence-corrected chi connectivity index (χ2v) is 8.48. The normalized spacial score (nSPS) is 14.9. The van der Waals surface area contributed by atoms with Gasteiger partial charge in [0.2, 0.25) is 5.95 Å². The third kappa shape index (κ3) is 5.05. The van der Waals surface area contributed by atoms with Crippen LogP contribution >= 0.6 is 11.6 Å². The molecule has 1 aromatic carbocycles. The summed E-state index contributed by atoms with van der Waals surface area (Å²) < 4.78 is 7.03. The fourth-order valence-corrected chi connectivity index (χ4v) is 4.09. The molecule has 3 aromatic rings. The molecule has 3 N–H and O–H groups in total. The van der Waals surface area contributed by atoms with Crippen molar-refractivity contribution in [2.75, 3.05) is 18.5 Å². The molecule has 1 fully saturated rings. The van der Waals surface area contributed by atoms with Crippen LogP contribution in [0.3, 0.4) is 0 Å². The Balaban J connectivity index is 1.71. The molecule has 178 valence electrons. The van der Waals surface area contributed by atoms with Gasteiger partial charge in [-0.05, 0) is 38.8 Å². The van der Waals surface area contributed by atoms with Gasteiger partial charge in [0.15, 0.2) is 5.84 Å². The van der Waals surface area contributed by atoms with Gasteiger partial charge in [0, 0.05) is 59.1 Å². The number of pyridine rings is 1. The Labute approximate surface area is 202 Å². The van der Waals surface area contributed by atoms with Crippen LogP contribution in [0.15, 0.2) is 52.8 Å². The molecule has 1 aliphatic heterocycles. The van der Waals surface area contributed by atoms with Crippen LogP contribution in [0.25, 0.3) is 22.2 Å². The molecule has 0 aliphatic carbocycles. The highest BCUT2D eigenvalue weighted by molar-refractivity contribution is 6.33. The van der Waals surface area contributed by atoms with E-state index in [4.69, 9.17) is 26.9 Å². The summed E-state index contributed by atoms with van der Waals surface area (Å²) in [6.45, 7) is 9.06. The molecule has 10 heteroatoms. The number of oxime groups is 1. The van der Waals surface area contributed by atoms with Crippen molar-refractivity contribution in [3.05, 3.63) is 63.7 Å². The third-order valence-electron chi connectivity index (χ3n) is 5.55. The molecule has 0 atom stereocenters. The number of anilines is 1. The van der Waals surface area contributed by atoms with Crippen LogP contribution < -0.4 is 16.6 Å². The van der Waals surface area contributed by atoms with Crippen molar-refractivity contribution in [2.24, 2.45) is 10.9 Å². The maximum Gasteiger partial charge on any atom is 0.260 e. The Morgan fingerprint density at radius 3 is 2.79 bits per heavy atom. The minimum atomic E-state index is -0.187. The number of nitrogens with zero attached hydrogens (tertiary/aromatic N) is 4. The monoisotopic (exact) mass is 482 g/mol. The number of ether oxygens (including phenoxy) is 1. The number of amidine groups is 1. The third-order valence-corrected chi connectivity index (χ3v) is 5.87. The highest BCUT2D eigenvalue weighted by Gasteiger charge is 2.18. The van der Waals surface area contributed by atoms with E-state index in [0.717, 1.165) is 18.2 Å². The summed E-state index contributed by atoms with van der Waals surface area (Å²) in [5.41, 5.74) is 7.95. The zero-order valence-electron chi connectivity index (χ0n) is 19.2. The van der Waals surface area contributed by atoms with Gasteiger partial charge in [0.1, 0.15) is 11.4 Å². The Morgan fingerprint density at radius 1 is 1.35 bits per heavy atom. The zero-order chi connectivity index (χ0) is 24.2. The number of nitrogens with one attached hydrogen (secondary N) is 1. The van der Waals surface area contributed by atoms with E-state index in [1.165, 1.54) is 0 Å². The Hall–Kier alpha value is -3.43. The second kappa shape index (κ2) is 10.2. The SMILES string of the molecule is C=C(C)ON=C(N)c1ccc(-c2cc3cnc(NC4CCOCC4)nc3n(CC)c2=O)c(Cl)c1. The first-order chi connectivity index (χ1) is 16.4. The van der Waals surface area contributed by atoms with Crippen LogP contribution in [0.2, 0.25) is 5.02 Å². The fourth-order valence-electron chi connectivity index (χ4n) is 3.81. The van der Waals surface area contributed by atoms with Crippen LogP contribution in [0, 0.1) is 0 Å². The Kier molecular flexibility index (Phi) is 7.14. The average Bonchev–Trinajstić information content (AvgIpc) is 2.83. The fraction of sp³-hybridized carbons (Fsp3) is 0.333. The second-order valence-electron chi connectivity index (χ2n) is 8.08. The highest BCUT2D eigenvalue weighted by Crippen LogP contribution is 2.29. The average molecular weight is 483 g/mol. The van der Waals surface area contributed by atoms with Crippen molar-refractivity contribution in [2.45, 2.75) is 39.3 Å². The summed E-state index contributed by atoms with van der Waals surface area (Å²) >= 11 is 6.55. The summed E-state index contributed by atoms with van der Waals surface area (Å²) in [4.78, 5) is 27.5. The lowest BCUT2D eigenvalue weighted by molar-refractivity contribution is 0.0903. The molecular weight excluding hydrogens is 456 g/mol. The smallest absolute Gasteiger partial charge is 0.260 e. The van der Waals surface area contributed by atoms with Gasteiger partial charge in [-0.2, -0.15) is 4.98 Å². The molecule has 0 bridgehead atoms. The topological polar surface area (TPSA) is 117 Å². The van der Waals surface area contributed by atoms with Gasteiger partial charge in [-0.3, -0.25) is 9.36 Å². The molecule has 0 radical (unpaired) electrons. The first-order valence-corrected chi connectivity index (χ1v) is 11.5. The van der Waals surface area contributed by atoms with E-state index in [1.54, 1.807) is 42.0 Å². The predicted octanol–water partition coefficient (Wildman–Crippen LogP) is 3.89. The number of hydrogen-bond donors (Lipinski definition) is 2. The highest BCUT2D eigenvalue weighted by atomic mass is 35.5. The van der Waals surface area contributed by atoms with Crippen LogP contribution in [-0.2, 0) is 16.1 Å². The number of fused-ring (bicyclic) bond motifs is 1. The molecule has 1 saturated heterocycles. The molecule has 34 heavy (non-hydrogen) atoms. The number of aryl methyl sites for hydroxylation is 1. The van der Waals surface area contributed by atoms with Crippen molar-refractivity contribution >= 4 is 34.4 Å². The number of rotatable bonds is 7. The number of aromatic nitrogens is 3. The van der Waals surface area contributed by atoms with E-state index in [9.17, 15) is 4.79 Å². The van der Waals surface area contributed by atoms with Crippen molar-refractivity contribution in [1.29, 1.82) is 0 Å². The summed E-state index contributed by atoms with van der Waals surface area (Å²) in [5, 5.41) is 8.28. The molecule has 1 aliphatic rings. The predicted molar refractivity (Wildman–Crippen MR) is 134 cm³/mol. The van der Waals surface area contributed by atoms with Gasteiger partial charge in [0.25, 0.3) is 5.56 Å².